The molecule has 202 valence electrons. The number of nitrogens with one attached hydrogen (secondary N) is 2. The third kappa shape index (κ3) is 6.93. The lowest BCUT2D eigenvalue weighted by molar-refractivity contribution is -0.137. The Morgan fingerprint density at radius 2 is 1.71 bits per heavy atom. The van der Waals surface area contributed by atoms with Gasteiger partial charge in [0.1, 0.15) is 6.42 Å². The first-order valence-electron chi connectivity index (χ1n) is 11.7. The number of nitrogens with zero attached hydrogens (tertiary/aromatic N) is 2. The second-order valence-electron chi connectivity index (χ2n) is 8.44. The van der Waals surface area contributed by atoms with Crippen LogP contribution in [0.1, 0.15) is 34.5 Å². The molecule has 38 heavy (non-hydrogen) atoms. The second-order valence-corrected chi connectivity index (χ2v) is 8.44. The molecule has 0 radical (unpaired) electrons. The average molecular weight is 531 g/mol. The molecule has 0 spiro atoms. The van der Waals surface area contributed by atoms with E-state index in [1.165, 1.54) is 36.1 Å². The molecule has 0 unspecified atom stereocenters. The summed E-state index contributed by atoms with van der Waals surface area (Å²) >= 11 is 0. The maximum absolute atomic E-state index is 13.5. The molecule has 0 atom stereocenters. The largest absolute Gasteiger partial charge is 0.493 e. The number of benzene rings is 2. The molecular formula is C27H29F3N4O4. The standard InChI is InChI=1S/C27H29F3N4O4/c1-17-13-20(18(2)34(17)22-8-6-5-7-21(22)27(28,29)30)16-32-33-26(36)15-25(35)31-12-11-19-9-10-23(37-3)24(14-19)38-4/h5-10,13-14,16H,11-12,15H2,1-4H3,(H,31,35)(H,33,36)/b32-16+. The van der Waals surface area contributed by atoms with Crippen molar-refractivity contribution in [2.45, 2.75) is 32.9 Å². The Hall–Kier alpha value is -4.28. The van der Waals surface area contributed by atoms with Crippen LogP contribution in [0.4, 0.5) is 13.2 Å². The molecule has 0 saturated heterocycles. The molecule has 0 saturated carbocycles. The third-order valence-corrected chi connectivity index (χ3v) is 5.82. The first-order chi connectivity index (χ1) is 18.0. The van der Waals surface area contributed by atoms with Crippen molar-refractivity contribution in [2.24, 2.45) is 5.10 Å². The summed E-state index contributed by atoms with van der Waals surface area (Å²) in [5, 5.41) is 6.54. The van der Waals surface area contributed by atoms with Gasteiger partial charge in [-0.1, -0.05) is 18.2 Å². The van der Waals surface area contributed by atoms with Crippen LogP contribution in [0, 0.1) is 13.8 Å². The van der Waals surface area contributed by atoms with Gasteiger partial charge >= 0.3 is 6.18 Å². The second kappa shape index (κ2) is 12.3. The number of hydrazone groups is 1. The SMILES string of the molecule is COc1ccc(CCNC(=O)CC(=O)N/N=C/c2cc(C)n(-c3ccccc3C(F)(F)F)c2C)cc1OC. The maximum atomic E-state index is 13.5. The van der Waals surface area contributed by atoms with Crippen molar-refractivity contribution < 1.29 is 32.2 Å². The third-order valence-electron chi connectivity index (χ3n) is 5.82. The van der Waals surface area contributed by atoms with Crippen molar-refractivity contribution >= 4 is 18.0 Å². The summed E-state index contributed by atoms with van der Waals surface area (Å²) in [6.07, 6.45) is -3.08. The summed E-state index contributed by atoms with van der Waals surface area (Å²) in [5.74, 6) is 0.0886. The van der Waals surface area contributed by atoms with Gasteiger partial charge in [0, 0.05) is 23.5 Å². The van der Waals surface area contributed by atoms with Crippen LogP contribution in [0.2, 0.25) is 0 Å². The van der Waals surface area contributed by atoms with Crippen molar-refractivity contribution in [1.29, 1.82) is 0 Å². The van der Waals surface area contributed by atoms with E-state index in [9.17, 15) is 22.8 Å². The molecule has 3 aromatic rings. The van der Waals surface area contributed by atoms with Crippen LogP contribution >= 0.6 is 0 Å². The highest BCUT2D eigenvalue weighted by molar-refractivity contribution is 5.97. The van der Waals surface area contributed by atoms with Crippen LogP contribution in [-0.4, -0.2) is 43.4 Å². The minimum absolute atomic E-state index is 0.00319. The zero-order valence-electron chi connectivity index (χ0n) is 21.5. The van der Waals surface area contributed by atoms with E-state index in [4.69, 9.17) is 9.47 Å². The topological polar surface area (TPSA) is 94.0 Å². The predicted molar refractivity (Wildman–Crippen MR) is 137 cm³/mol. The molecule has 1 aromatic heterocycles. The Morgan fingerprint density at radius 1 is 1.00 bits per heavy atom. The van der Waals surface area contributed by atoms with Crippen molar-refractivity contribution in [3.8, 4) is 17.2 Å². The summed E-state index contributed by atoms with van der Waals surface area (Å²) < 4.78 is 52.4. The lowest BCUT2D eigenvalue weighted by Crippen LogP contribution is -2.31. The van der Waals surface area contributed by atoms with Crippen molar-refractivity contribution in [2.75, 3.05) is 20.8 Å². The Labute approximate surface area is 218 Å². The van der Waals surface area contributed by atoms with Gasteiger partial charge in [-0.3, -0.25) is 9.59 Å². The van der Waals surface area contributed by atoms with Crippen LogP contribution < -0.4 is 20.2 Å². The highest BCUT2D eigenvalue weighted by atomic mass is 19.4. The number of hydrogen-bond acceptors (Lipinski definition) is 5. The molecule has 3 rings (SSSR count). The number of rotatable bonds is 10. The van der Waals surface area contributed by atoms with Gasteiger partial charge in [-0.25, -0.2) is 5.43 Å². The van der Waals surface area contributed by atoms with Crippen LogP contribution in [-0.2, 0) is 22.2 Å². The summed E-state index contributed by atoms with van der Waals surface area (Å²) in [5.41, 5.74) is 4.07. The number of amides is 2. The van der Waals surface area contributed by atoms with Gasteiger partial charge in [-0.15, -0.1) is 0 Å². The molecule has 1 heterocycles. The fraction of sp³-hybridized carbons (Fsp3) is 0.296. The molecule has 11 heteroatoms. The Bertz CT molecular complexity index is 1330. The average Bonchev–Trinajstić information content (AvgIpc) is 3.15. The smallest absolute Gasteiger partial charge is 0.418 e. The molecule has 2 N–H and O–H groups in total. The normalized spacial score (nSPS) is 11.4. The predicted octanol–water partition coefficient (Wildman–Crippen LogP) is 4.33. The number of ether oxygens (including phenoxy) is 2. The maximum Gasteiger partial charge on any atom is 0.418 e. The zero-order chi connectivity index (χ0) is 27.9. The summed E-state index contributed by atoms with van der Waals surface area (Å²) in [6, 6.07) is 12.4. The number of methoxy groups -OCH3 is 2. The van der Waals surface area contributed by atoms with E-state index in [0.717, 1.165) is 11.6 Å². The molecular weight excluding hydrogens is 501 g/mol. The van der Waals surface area contributed by atoms with Gasteiger partial charge in [0.25, 0.3) is 0 Å². The lowest BCUT2D eigenvalue weighted by atomic mass is 10.1. The van der Waals surface area contributed by atoms with E-state index in [0.29, 0.717) is 41.4 Å². The summed E-state index contributed by atoms with van der Waals surface area (Å²) in [6.45, 7) is 3.66. The van der Waals surface area contributed by atoms with Gasteiger partial charge < -0.3 is 19.4 Å². The summed E-state index contributed by atoms with van der Waals surface area (Å²) in [7, 11) is 3.08. The zero-order valence-corrected chi connectivity index (χ0v) is 21.5. The van der Waals surface area contributed by atoms with Crippen molar-refractivity contribution in [3.05, 3.63) is 76.6 Å². The number of aromatic nitrogens is 1. The molecule has 2 aromatic carbocycles. The Balaban J connectivity index is 1.55. The molecule has 0 aliphatic rings. The van der Waals surface area contributed by atoms with Crippen LogP contribution in [0.15, 0.2) is 53.6 Å². The number of carbonyl (C=O) groups is 2. The van der Waals surface area contributed by atoms with E-state index in [1.807, 2.05) is 12.1 Å². The van der Waals surface area contributed by atoms with Gasteiger partial charge in [0.2, 0.25) is 11.8 Å². The van der Waals surface area contributed by atoms with E-state index in [1.54, 1.807) is 33.1 Å². The van der Waals surface area contributed by atoms with Gasteiger partial charge in [0.05, 0.1) is 31.7 Å². The van der Waals surface area contributed by atoms with E-state index in [2.05, 4.69) is 15.8 Å². The number of aryl methyl sites for hydroxylation is 1. The highest BCUT2D eigenvalue weighted by Gasteiger charge is 2.34. The van der Waals surface area contributed by atoms with Crippen molar-refractivity contribution in [1.82, 2.24) is 15.3 Å². The fourth-order valence-electron chi connectivity index (χ4n) is 4.00. The number of alkyl halides is 3. The quantitative estimate of drug-likeness (QED) is 0.232. The summed E-state index contributed by atoms with van der Waals surface area (Å²) in [4.78, 5) is 24.2. The van der Waals surface area contributed by atoms with E-state index >= 15 is 0 Å². The monoisotopic (exact) mass is 530 g/mol. The molecule has 0 aliphatic carbocycles. The fourth-order valence-corrected chi connectivity index (χ4v) is 4.00. The van der Waals surface area contributed by atoms with Gasteiger partial charge in [-0.2, -0.15) is 18.3 Å². The first kappa shape index (κ1) is 28.3. The molecule has 0 aliphatic heterocycles. The van der Waals surface area contributed by atoms with E-state index in [-0.39, 0.29) is 5.69 Å². The van der Waals surface area contributed by atoms with E-state index < -0.39 is 30.0 Å². The molecule has 0 bridgehead atoms. The minimum atomic E-state index is -4.51. The number of carbonyl (C=O) groups excluding carboxylic acids is 2. The Kier molecular flexibility index (Phi) is 9.16. The number of hydrogen-bond donors (Lipinski definition) is 2. The number of halogens is 3. The Morgan fingerprint density at radius 3 is 2.39 bits per heavy atom. The molecule has 2 amide bonds. The van der Waals surface area contributed by atoms with Crippen LogP contribution in [0.3, 0.4) is 0 Å². The lowest BCUT2D eigenvalue weighted by Gasteiger charge is -2.16. The highest BCUT2D eigenvalue weighted by Crippen LogP contribution is 2.35. The minimum Gasteiger partial charge on any atom is -0.493 e. The van der Waals surface area contributed by atoms with Crippen LogP contribution in [0.5, 0.6) is 11.5 Å². The van der Waals surface area contributed by atoms with Gasteiger partial charge in [0.15, 0.2) is 11.5 Å². The number of para-hydroxylation sites is 1. The van der Waals surface area contributed by atoms with Crippen LogP contribution in [0.25, 0.3) is 5.69 Å². The molecule has 0 fully saturated rings. The first-order valence-corrected chi connectivity index (χ1v) is 11.7. The van der Waals surface area contributed by atoms with Crippen molar-refractivity contribution in [3.63, 3.8) is 0 Å². The van der Waals surface area contributed by atoms with Gasteiger partial charge in [-0.05, 0) is 56.2 Å². The molecule has 8 nitrogen and oxygen atoms in total.